The van der Waals surface area contributed by atoms with Crippen LogP contribution in [0.15, 0.2) is 9.64 Å². The van der Waals surface area contributed by atoms with Gasteiger partial charge in [-0.3, -0.25) is 4.79 Å². The Bertz CT molecular complexity index is 399. The molecule has 0 spiro atoms. The third kappa shape index (κ3) is 3.00. The van der Waals surface area contributed by atoms with Gasteiger partial charge in [0.25, 0.3) is 5.22 Å². The Morgan fingerprint density at radius 3 is 2.76 bits per heavy atom. The van der Waals surface area contributed by atoms with Crippen LogP contribution in [0.1, 0.15) is 44.9 Å². The fraction of sp³-hybridized carbons (Fsp3) is 0.727. The number of aromatic nitrogens is 2. The van der Waals surface area contributed by atoms with E-state index in [2.05, 4.69) is 17.1 Å². The molecule has 1 aliphatic rings. The monoisotopic (exact) mass is 256 g/mol. The number of carboxylic acids is 1. The van der Waals surface area contributed by atoms with E-state index in [9.17, 15) is 4.79 Å². The minimum atomic E-state index is -0.876. The molecule has 1 aliphatic carbocycles. The molecule has 0 radical (unpaired) electrons. The van der Waals surface area contributed by atoms with Gasteiger partial charge in [0.15, 0.2) is 0 Å². The number of carbonyl (C=O) groups is 1. The minimum Gasteiger partial charge on any atom is -0.481 e. The van der Waals surface area contributed by atoms with Gasteiger partial charge in [0, 0.05) is 5.41 Å². The van der Waals surface area contributed by atoms with Gasteiger partial charge in [-0.1, -0.05) is 37.9 Å². The molecular weight excluding hydrogens is 240 g/mol. The summed E-state index contributed by atoms with van der Waals surface area (Å²) in [6.07, 6.45) is 5.79. The molecule has 0 atom stereocenters. The van der Waals surface area contributed by atoms with Crippen LogP contribution in [0.4, 0.5) is 0 Å². The largest absolute Gasteiger partial charge is 0.481 e. The Morgan fingerprint density at radius 1 is 1.41 bits per heavy atom. The summed E-state index contributed by atoms with van der Waals surface area (Å²) in [5.41, 5.74) is -0.0206. The van der Waals surface area contributed by atoms with Crippen molar-refractivity contribution >= 4 is 17.7 Å². The van der Waals surface area contributed by atoms with E-state index in [4.69, 9.17) is 9.52 Å². The maximum Gasteiger partial charge on any atom is 0.314 e. The SMILES string of the molecule is CC1(c2nnc(SCC(=O)O)o2)CCCCC1. The van der Waals surface area contributed by atoms with E-state index >= 15 is 0 Å². The second-order valence-electron chi connectivity index (χ2n) is 4.68. The van der Waals surface area contributed by atoms with Gasteiger partial charge in [-0.05, 0) is 12.8 Å². The number of hydrogen-bond donors (Lipinski definition) is 1. The molecule has 5 nitrogen and oxygen atoms in total. The van der Waals surface area contributed by atoms with E-state index in [0.717, 1.165) is 24.6 Å². The van der Waals surface area contributed by atoms with Gasteiger partial charge < -0.3 is 9.52 Å². The lowest BCUT2D eigenvalue weighted by atomic mass is 9.76. The average molecular weight is 256 g/mol. The second-order valence-corrected chi connectivity index (χ2v) is 5.60. The number of hydrogen-bond acceptors (Lipinski definition) is 5. The van der Waals surface area contributed by atoms with Crippen molar-refractivity contribution in [2.75, 3.05) is 5.75 Å². The standard InChI is InChI=1S/C11H16N2O3S/c1-11(5-3-2-4-6-11)9-12-13-10(16-9)17-7-8(14)15/h2-7H2,1H3,(H,14,15). The maximum atomic E-state index is 10.4. The van der Waals surface area contributed by atoms with Gasteiger partial charge in [-0.15, -0.1) is 10.2 Å². The van der Waals surface area contributed by atoms with Crippen molar-refractivity contribution in [2.24, 2.45) is 0 Å². The van der Waals surface area contributed by atoms with Crippen molar-refractivity contribution in [3.05, 3.63) is 5.89 Å². The third-order valence-corrected chi connectivity index (χ3v) is 4.00. The highest BCUT2D eigenvalue weighted by Crippen LogP contribution is 2.38. The zero-order chi connectivity index (χ0) is 12.3. The van der Waals surface area contributed by atoms with E-state index in [0.29, 0.717) is 11.1 Å². The van der Waals surface area contributed by atoms with Gasteiger partial charge >= 0.3 is 5.97 Å². The highest BCUT2D eigenvalue weighted by atomic mass is 32.2. The first kappa shape index (κ1) is 12.4. The lowest BCUT2D eigenvalue weighted by molar-refractivity contribution is -0.133. The Morgan fingerprint density at radius 2 is 2.12 bits per heavy atom. The summed E-state index contributed by atoms with van der Waals surface area (Å²) in [7, 11) is 0. The summed E-state index contributed by atoms with van der Waals surface area (Å²) in [4.78, 5) is 10.4. The van der Waals surface area contributed by atoms with Crippen LogP contribution in [-0.2, 0) is 10.2 Å². The third-order valence-electron chi connectivity index (χ3n) is 3.20. The van der Waals surface area contributed by atoms with Gasteiger partial charge in [0.05, 0.1) is 0 Å². The van der Waals surface area contributed by atoms with Crippen LogP contribution in [-0.4, -0.2) is 27.0 Å². The molecule has 0 aliphatic heterocycles. The fourth-order valence-corrected chi connectivity index (χ4v) is 2.66. The van der Waals surface area contributed by atoms with E-state index in [1.54, 1.807) is 0 Å². The van der Waals surface area contributed by atoms with Crippen LogP contribution in [0.3, 0.4) is 0 Å². The molecule has 0 unspecified atom stereocenters. The molecule has 0 bridgehead atoms. The Balaban J connectivity index is 2.03. The van der Waals surface area contributed by atoms with Gasteiger partial charge in [-0.2, -0.15) is 0 Å². The summed E-state index contributed by atoms with van der Waals surface area (Å²) < 4.78 is 5.55. The van der Waals surface area contributed by atoms with Crippen molar-refractivity contribution in [1.29, 1.82) is 0 Å². The van der Waals surface area contributed by atoms with E-state index in [-0.39, 0.29) is 11.2 Å². The van der Waals surface area contributed by atoms with Crippen LogP contribution in [0, 0.1) is 0 Å². The smallest absolute Gasteiger partial charge is 0.314 e. The fourth-order valence-electron chi connectivity index (χ4n) is 2.18. The first-order chi connectivity index (χ1) is 8.10. The molecule has 2 rings (SSSR count). The van der Waals surface area contributed by atoms with Crippen molar-refractivity contribution in [2.45, 2.75) is 49.7 Å². The van der Waals surface area contributed by atoms with Crippen LogP contribution in [0.25, 0.3) is 0 Å². The summed E-state index contributed by atoms with van der Waals surface area (Å²) in [6.45, 7) is 2.14. The molecule has 94 valence electrons. The van der Waals surface area contributed by atoms with Gasteiger partial charge in [-0.25, -0.2) is 0 Å². The van der Waals surface area contributed by atoms with Gasteiger partial charge in [0.1, 0.15) is 5.75 Å². The molecule has 1 N–H and O–H groups in total. The molecular formula is C11H16N2O3S. The topological polar surface area (TPSA) is 76.2 Å². The lowest BCUT2D eigenvalue weighted by Crippen LogP contribution is -2.25. The molecule has 17 heavy (non-hydrogen) atoms. The summed E-state index contributed by atoms with van der Waals surface area (Å²) in [6, 6.07) is 0. The summed E-state index contributed by atoms with van der Waals surface area (Å²) in [5, 5.41) is 16.9. The Hall–Kier alpha value is -1.04. The van der Waals surface area contributed by atoms with E-state index in [1.165, 1.54) is 19.3 Å². The van der Waals surface area contributed by atoms with Crippen molar-refractivity contribution < 1.29 is 14.3 Å². The van der Waals surface area contributed by atoms with Crippen molar-refractivity contribution in [3.63, 3.8) is 0 Å². The molecule has 1 aromatic rings. The normalized spacial score (nSPS) is 19.1. The molecule has 1 fully saturated rings. The van der Waals surface area contributed by atoms with Crippen molar-refractivity contribution in [1.82, 2.24) is 10.2 Å². The summed E-state index contributed by atoms with van der Waals surface area (Å²) >= 11 is 1.07. The lowest BCUT2D eigenvalue weighted by Gasteiger charge is -2.29. The number of carboxylic acid groups (broad SMARTS) is 1. The molecule has 6 heteroatoms. The average Bonchev–Trinajstić information content (AvgIpc) is 2.76. The molecule has 0 aromatic carbocycles. The molecule has 1 aromatic heterocycles. The second kappa shape index (κ2) is 5.08. The number of nitrogens with zero attached hydrogens (tertiary/aromatic N) is 2. The minimum absolute atomic E-state index is 0.0206. The molecule has 0 saturated heterocycles. The quantitative estimate of drug-likeness (QED) is 0.834. The van der Waals surface area contributed by atoms with Crippen molar-refractivity contribution in [3.8, 4) is 0 Å². The molecule has 1 saturated carbocycles. The highest BCUT2D eigenvalue weighted by Gasteiger charge is 2.34. The predicted octanol–water partition coefficient (Wildman–Crippen LogP) is 2.47. The summed E-state index contributed by atoms with van der Waals surface area (Å²) in [5.74, 6) is -0.262. The van der Waals surface area contributed by atoms with E-state index < -0.39 is 5.97 Å². The first-order valence-corrected chi connectivity index (χ1v) is 6.77. The zero-order valence-electron chi connectivity index (χ0n) is 9.81. The number of rotatable bonds is 4. The van der Waals surface area contributed by atoms with Crippen LogP contribution < -0.4 is 0 Å². The van der Waals surface area contributed by atoms with Crippen LogP contribution >= 0.6 is 11.8 Å². The number of aliphatic carboxylic acids is 1. The predicted molar refractivity (Wildman–Crippen MR) is 63.1 cm³/mol. The highest BCUT2D eigenvalue weighted by molar-refractivity contribution is 7.99. The zero-order valence-corrected chi connectivity index (χ0v) is 10.6. The van der Waals surface area contributed by atoms with E-state index in [1.807, 2.05) is 0 Å². The molecule has 0 amide bonds. The molecule has 1 heterocycles. The number of thioether (sulfide) groups is 1. The van der Waals surface area contributed by atoms with Crippen LogP contribution in [0.2, 0.25) is 0 Å². The Labute approximate surface area is 104 Å². The Kier molecular flexibility index (Phi) is 3.71. The first-order valence-electron chi connectivity index (χ1n) is 5.79. The maximum absolute atomic E-state index is 10.4. The van der Waals surface area contributed by atoms with Crippen LogP contribution in [0.5, 0.6) is 0 Å². The van der Waals surface area contributed by atoms with Gasteiger partial charge in [0.2, 0.25) is 5.89 Å².